The lowest BCUT2D eigenvalue weighted by Gasteiger charge is -2.17. The summed E-state index contributed by atoms with van der Waals surface area (Å²) in [6.45, 7) is 4.91. The molecule has 0 spiro atoms. The summed E-state index contributed by atoms with van der Waals surface area (Å²) in [6, 6.07) is 5.82. The van der Waals surface area contributed by atoms with Gasteiger partial charge in [-0.25, -0.2) is 0 Å². The number of nitrogens with one attached hydrogen (secondary N) is 1. The molecule has 0 aliphatic rings. The molecule has 0 aliphatic carbocycles. The van der Waals surface area contributed by atoms with Gasteiger partial charge >= 0.3 is 6.18 Å². The highest BCUT2D eigenvalue weighted by atomic mass is 19.4. The van der Waals surface area contributed by atoms with Crippen LogP contribution in [0.5, 0.6) is 0 Å². The lowest BCUT2D eigenvalue weighted by atomic mass is 10.1. The van der Waals surface area contributed by atoms with Gasteiger partial charge in [-0.05, 0) is 30.5 Å². The third-order valence-corrected chi connectivity index (χ3v) is 3.28. The zero-order valence-corrected chi connectivity index (χ0v) is 11.6. The van der Waals surface area contributed by atoms with E-state index < -0.39 is 11.7 Å². The predicted molar refractivity (Wildman–Crippen MR) is 71.9 cm³/mol. The molecule has 1 nitrogen and oxygen atoms in total. The minimum absolute atomic E-state index is 0.447. The first kappa shape index (κ1) is 16.0. The van der Waals surface area contributed by atoms with Crippen LogP contribution in [0.4, 0.5) is 13.2 Å². The van der Waals surface area contributed by atoms with E-state index in [9.17, 15) is 13.2 Å². The normalized spacial score (nSPS) is 13.5. The Morgan fingerprint density at radius 3 is 2.21 bits per heavy atom. The van der Waals surface area contributed by atoms with Gasteiger partial charge in [0.25, 0.3) is 0 Å². The number of alkyl halides is 3. The van der Waals surface area contributed by atoms with Gasteiger partial charge in [-0.3, -0.25) is 0 Å². The monoisotopic (exact) mass is 273 g/mol. The summed E-state index contributed by atoms with van der Waals surface area (Å²) < 4.78 is 37.2. The van der Waals surface area contributed by atoms with Gasteiger partial charge < -0.3 is 5.32 Å². The van der Waals surface area contributed by atoms with Gasteiger partial charge in [0, 0.05) is 12.6 Å². The third kappa shape index (κ3) is 5.64. The maximum atomic E-state index is 12.4. The standard InChI is InChI=1S/C15H22F3N/c1-3-5-6-14(4-2)19-11-12-7-9-13(10-8-12)15(16,17)18/h7-10,14,19H,3-6,11H2,1-2H3. The minimum Gasteiger partial charge on any atom is -0.310 e. The largest absolute Gasteiger partial charge is 0.416 e. The minimum atomic E-state index is -4.25. The Labute approximate surface area is 113 Å². The van der Waals surface area contributed by atoms with Crippen LogP contribution < -0.4 is 5.32 Å². The Bertz CT molecular complexity index is 357. The van der Waals surface area contributed by atoms with E-state index in [4.69, 9.17) is 0 Å². The van der Waals surface area contributed by atoms with E-state index in [2.05, 4.69) is 19.2 Å². The molecule has 19 heavy (non-hydrogen) atoms. The molecule has 1 aromatic rings. The van der Waals surface area contributed by atoms with Crippen molar-refractivity contribution in [2.24, 2.45) is 0 Å². The summed E-state index contributed by atoms with van der Waals surface area (Å²) >= 11 is 0. The van der Waals surface area contributed by atoms with Crippen molar-refractivity contribution in [1.29, 1.82) is 0 Å². The molecule has 108 valence electrons. The lowest BCUT2D eigenvalue weighted by molar-refractivity contribution is -0.137. The molecule has 0 saturated heterocycles. The number of halogens is 3. The predicted octanol–water partition coefficient (Wildman–Crippen LogP) is 4.76. The molecule has 0 radical (unpaired) electrons. The Morgan fingerprint density at radius 2 is 1.74 bits per heavy atom. The van der Waals surface area contributed by atoms with Crippen molar-refractivity contribution in [3.8, 4) is 0 Å². The fraction of sp³-hybridized carbons (Fsp3) is 0.600. The summed E-state index contributed by atoms with van der Waals surface area (Å²) in [4.78, 5) is 0. The highest BCUT2D eigenvalue weighted by molar-refractivity contribution is 5.24. The third-order valence-electron chi connectivity index (χ3n) is 3.28. The Kier molecular flexibility index (Phi) is 6.35. The fourth-order valence-electron chi connectivity index (χ4n) is 1.97. The summed E-state index contributed by atoms with van der Waals surface area (Å²) in [5.74, 6) is 0. The maximum Gasteiger partial charge on any atom is 0.416 e. The van der Waals surface area contributed by atoms with Gasteiger partial charge in [-0.2, -0.15) is 13.2 Å². The van der Waals surface area contributed by atoms with E-state index in [0.29, 0.717) is 12.6 Å². The van der Waals surface area contributed by atoms with Crippen LogP contribution in [-0.4, -0.2) is 6.04 Å². The lowest BCUT2D eigenvalue weighted by Crippen LogP contribution is -2.27. The zero-order valence-electron chi connectivity index (χ0n) is 11.6. The van der Waals surface area contributed by atoms with Crippen LogP contribution in [0.15, 0.2) is 24.3 Å². The Hall–Kier alpha value is -1.03. The second-order valence-corrected chi connectivity index (χ2v) is 4.82. The molecular formula is C15H22F3N. The van der Waals surface area contributed by atoms with Crippen LogP contribution >= 0.6 is 0 Å². The maximum absolute atomic E-state index is 12.4. The van der Waals surface area contributed by atoms with Crippen molar-refractivity contribution < 1.29 is 13.2 Å². The molecule has 0 heterocycles. The molecule has 1 rings (SSSR count). The molecule has 0 amide bonds. The molecule has 4 heteroatoms. The molecule has 0 aromatic heterocycles. The van der Waals surface area contributed by atoms with Crippen LogP contribution in [0, 0.1) is 0 Å². The van der Waals surface area contributed by atoms with Crippen molar-refractivity contribution in [3.05, 3.63) is 35.4 Å². The van der Waals surface area contributed by atoms with E-state index in [1.54, 1.807) is 12.1 Å². The molecule has 0 saturated carbocycles. The Balaban J connectivity index is 2.49. The fourth-order valence-corrected chi connectivity index (χ4v) is 1.97. The van der Waals surface area contributed by atoms with Gasteiger partial charge in [0.15, 0.2) is 0 Å². The number of benzene rings is 1. The van der Waals surface area contributed by atoms with E-state index in [1.807, 2.05) is 0 Å². The average molecular weight is 273 g/mol. The zero-order chi connectivity index (χ0) is 14.3. The van der Waals surface area contributed by atoms with Gasteiger partial charge in [0.1, 0.15) is 0 Å². The highest BCUT2D eigenvalue weighted by Crippen LogP contribution is 2.29. The molecule has 1 N–H and O–H groups in total. The van der Waals surface area contributed by atoms with Crippen LogP contribution in [0.25, 0.3) is 0 Å². The Morgan fingerprint density at radius 1 is 1.11 bits per heavy atom. The van der Waals surface area contributed by atoms with Gasteiger partial charge in [-0.1, -0.05) is 38.8 Å². The summed E-state index contributed by atoms with van der Waals surface area (Å²) in [5.41, 5.74) is 0.303. The van der Waals surface area contributed by atoms with Crippen molar-refractivity contribution in [1.82, 2.24) is 5.32 Å². The molecule has 0 fully saturated rings. The van der Waals surface area contributed by atoms with Crippen molar-refractivity contribution in [2.75, 3.05) is 0 Å². The van der Waals surface area contributed by atoms with Crippen LogP contribution in [0.2, 0.25) is 0 Å². The first-order valence-corrected chi connectivity index (χ1v) is 6.86. The van der Waals surface area contributed by atoms with E-state index in [-0.39, 0.29) is 0 Å². The number of unbranched alkanes of at least 4 members (excludes halogenated alkanes) is 1. The second kappa shape index (κ2) is 7.53. The molecule has 0 bridgehead atoms. The van der Waals surface area contributed by atoms with E-state index >= 15 is 0 Å². The van der Waals surface area contributed by atoms with E-state index in [0.717, 1.165) is 30.5 Å². The molecule has 0 aliphatic heterocycles. The highest BCUT2D eigenvalue weighted by Gasteiger charge is 2.29. The van der Waals surface area contributed by atoms with Gasteiger partial charge in [-0.15, -0.1) is 0 Å². The molecule has 1 aromatic carbocycles. The van der Waals surface area contributed by atoms with Crippen molar-refractivity contribution >= 4 is 0 Å². The molecule has 1 atom stereocenters. The second-order valence-electron chi connectivity index (χ2n) is 4.82. The average Bonchev–Trinajstić information content (AvgIpc) is 2.38. The smallest absolute Gasteiger partial charge is 0.310 e. The van der Waals surface area contributed by atoms with Crippen LogP contribution in [-0.2, 0) is 12.7 Å². The van der Waals surface area contributed by atoms with Crippen LogP contribution in [0.3, 0.4) is 0 Å². The first-order chi connectivity index (χ1) is 8.97. The van der Waals surface area contributed by atoms with Gasteiger partial charge in [0.2, 0.25) is 0 Å². The summed E-state index contributed by atoms with van der Waals surface area (Å²) in [5, 5.41) is 3.40. The quantitative estimate of drug-likeness (QED) is 0.755. The summed E-state index contributed by atoms with van der Waals surface area (Å²) in [6.07, 6.45) is 0.254. The first-order valence-electron chi connectivity index (χ1n) is 6.86. The van der Waals surface area contributed by atoms with Crippen molar-refractivity contribution in [2.45, 2.75) is 58.3 Å². The van der Waals surface area contributed by atoms with Crippen LogP contribution in [0.1, 0.15) is 50.7 Å². The SMILES string of the molecule is CCCCC(CC)NCc1ccc(C(F)(F)F)cc1. The van der Waals surface area contributed by atoms with Gasteiger partial charge in [0.05, 0.1) is 5.56 Å². The summed E-state index contributed by atoms with van der Waals surface area (Å²) in [7, 11) is 0. The van der Waals surface area contributed by atoms with E-state index in [1.165, 1.54) is 12.8 Å². The number of hydrogen-bond donors (Lipinski definition) is 1. The van der Waals surface area contributed by atoms with Crippen molar-refractivity contribution in [3.63, 3.8) is 0 Å². The number of hydrogen-bond acceptors (Lipinski definition) is 1. The topological polar surface area (TPSA) is 12.0 Å². The molecular weight excluding hydrogens is 251 g/mol. The number of rotatable bonds is 7. The molecule has 1 unspecified atom stereocenters.